The smallest absolute Gasteiger partial charge is 0.249 e. The lowest BCUT2D eigenvalue weighted by Gasteiger charge is -2.24. The van der Waals surface area contributed by atoms with E-state index in [2.05, 4.69) is 5.32 Å². The third kappa shape index (κ3) is 2.50. The van der Waals surface area contributed by atoms with E-state index in [1.165, 1.54) is 17.0 Å². The number of nitrogens with one attached hydrogen (secondary N) is 1. The van der Waals surface area contributed by atoms with Gasteiger partial charge in [-0.25, -0.2) is 4.39 Å². The van der Waals surface area contributed by atoms with Gasteiger partial charge in [0, 0.05) is 18.7 Å². The second-order valence-electron chi connectivity index (χ2n) is 5.22. The third-order valence-corrected chi connectivity index (χ3v) is 4.03. The summed E-state index contributed by atoms with van der Waals surface area (Å²) in [5, 5.41) is 2.78. The number of rotatable bonds is 2. The normalized spacial score (nSPS) is 23.5. The maximum Gasteiger partial charge on any atom is 0.249 e. The molecule has 1 N–H and O–H groups in total. The number of benzene rings is 1. The van der Waals surface area contributed by atoms with Crippen LogP contribution in [0.1, 0.15) is 19.3 Å². The Bertz CT molecular complexity index is 574. The fourth-order valence-electron chi connectivity index (χ4n) is 2.46. The molecule has 0 aromatic heterocycles. The average Bonchev–Trinajstić information content (AvgIpc) is 3.23. The molecule has 1 atom stereocenters. The number of carbonyl (C=O) groups excluding carboxylic acids is 2. The Balaban J connectivity index is 1.91. The molecule has 2 fully saturated rings. The predicted octanol–water partition coefficient (Wildman–Crippen LogP) is 2.11. The van der Waals surface area contributed by atoms with Crippen molar-refractivity contribution in [3.05, 3.63) is 29.0 Å². The van der Waals surface area contributed by atoms with E-state index in [0.717, 1.165) is 12.8 Å². The summed E-state index contributed by atoms with van der Waals surface area (Å²) < 4.78 is 13.6. The summed E-state index contributed by atoms with van der Waals surface area (Å²) in [4.78, 5) is 25.7. The fourth-order valence-corrected chi connectivity index (χ4v) is 2.57. The SMILES string of the molecule is O=C1CCN(c2ccc(Cl)c(F)c2)C(=O)C(C2CC2)N1. The molecule has 20 heavy (non-hydrogen) atoms. The maximum absolute atomic E-state index is 13.6. The van der Waals surface area contributed by atoms with Gasteiger partial charge in [0.1, 0.15) is 11.9 Å². The van der Waals surface area contributed by atoms with E-state index in [-0.39, 0.29) is 35.7 Å². The zero-order valence-corrected chi connectivity index (χ0v) is 11.5. The highest BCUT2D eigenvalue weighted by Gasteiger charge is 2.41. The Kier molecular flexibility index (Phi) is 3.38. The quantitative estimate of drug-likeness (QED) is 0.909. The first-order valence-electron chi connectivity index (χ1n) is 6.62. The maximum atomic E-state index is 13.6. The van der Waals surface area contributed by atoms with Crippen molar-refractivity contribution in [3.8, 4) is 0 Å². The minimum absolute atomic E-state index is 0.0176. The minimum Gasteiger partial charge on any atom is -0.344 e. The van der Waals surface area contributed by atoms with Gasteiger partial charge in [-0.2, -0.15) is 0 Å². The van der Waals surface area contributed by atoms with Gasteiger partial charge < -0.3 is 10.2 Å². The molecule has 4 nitrogen and oxygen atoms in total. The molecule has 2 amide bonds. The van der Waals surface area contributed by atoms with Gasteiger partial charge in [0.15, 0.2) is 0 Å². The number of carbonyl (C=O) groups is 2. The molecule has 1 heterocycles. The van der Waals surface area contributed by atoms with Crippen LogP contribution in [0.25, 0.3) is 0 Å². The minimum atomic E-state index is -0.566. The summed E-state index contributed by atoms with van der Waals surface area (Å²) in [7, 11) is 0. The van der Waals surface area contributed by atoms with Crippen LogP contribution in [-0.2, 0) is 9.59 Å². The van der Waals surface area contributed by atoms with Crippen LogP contribution in [0.15, 0.2) is 18.2 Å². The molecule has 0 bridgehead atoms. The van der Waals surface area contributed by atoms with Crippen molar-refractivity contribution in [2.24, 2.45) is 5.92 Å². The van der Waals surface area contributed by atoms with Crippen molar-refractivity contribution < 1.29 is 14.0 Å². The van der Waals surface area contributed by atoms with Gasteiger partial charge in [-0.1, -0.05) is 11.6 Å². The summed E-state index contributed by atoms with van der Waals surface area (Å²) >= 11 is 5.66. The molecule has 1 aliphatic carbocycles. The lowest BCUT2D eigenvalue weighted by molar-refractivity contribution is -0.126. The monoisotopic (exact) mass is 296 g/mol. The van der Waals surface area contributed by atoms with Gasteiger partial charge in [0.2, 0.25) is 11.8 Å². The topological polar surface area (TPSA) is 49.4 Å². The van der Waals surface area contributed by atoms with Crippen molar-refractivity contribution in [3.63, 3.8) is 0 Å². The highest BCUT2D eigenvalue weighted by molar-refractivity contribution is 6.30. The first-order valence-corrected chi connectivity index (χ1v) is 7.00. The van der Waals surface area contributed by atoms with E-state index in [1.807, 2.05) is 0 Å². The van der Waals surface area contributed by atoms with Crippen molar-refractivity contribution in [2.75, 3.05) is 11.4 Å². The number of amides is 2. The molecule has 0 spiro atoms. The predicted molar refractivity (Wildman–Crippen MR) is 73.0 cm³/mol. The first kappa shape index (κ1) is 13.4. The van der Waals surface area contributed by atoms with Crippen LogP contribution in [-0.4, -0.2) is 24.4 Å². The van der Waals surface area contributed by atoms with Crippen molar-refractivity contribution in [1.29, 1.82) is 0 Å². The van der Waals surface area contributed by atoms with Crippen LogP contribution in [0.5, 0.6) is 0 Å². The molecule has 6 heteroatoms. The van der Waals surface area contributed by atoms with Crippen LogP contribution in [0, 0.1) is 11.7 Å². The number of anilines is 1. The molecule has 1 unspecified atom stereocenters. The molecule has 1 aliphatic heterocycles. The van der Waals surface area contributed by atoms with E-state index in [1.54, 1.807) is 6.07 Å². The van der Waals surface area contributed by atoms with Crippen LogP contribution in [0.4, 0.5) is 10.1 Å². The van der Waals surface area contributed by atoms with E-state index >= 15 is 0 Å². The summed E-state index contributed by atoms with van der Waals surface area (Å²) in [6.45, 7) is 0.259. The number of hydrogen-bond donors (Lipinski definition) is 1. The summed E-state index contributed by atoms with van der Waals surface area (Å²) in [6.07, 6.45) is 2.11. The fraction of sp³-hybridized carbons (Fsp3) is 0.429. The van der Waals surface area contributed by atoms with Gasteiger partial charge in [-0.05, 0) is 37.0 Å². The summed E-state index contributed by atoms with van der Waals surface area (Å²) in [5.74, 6) is -0.653. The lowest BCUT2D eigenvalue weighted by Crippen LogP contribution is -2.46. The lowest BCUT2D eigenvalue weighted by atomic mass is 10.1. The highest BCUT2D eigenvalue weighted by atomic mass is 35.5. The first-order chi connectivity index (χ1) is 9.56. The zero-order valence-electron chi connectivity index (χ0n) is 10.7. The Morgan fingerprint density at radius 1 is 1.30 bits per heavy atom. The third-order valence-electron chi connectivity index (χ3n) is 3.72. The van der Waals surface area contributed by atoms with Gasteiger partial charge >= 0.3 is 0 Å². The Morgan fingerprint density at radius 2 is 2.05 bits per heavy atom. The molecular weight excluding hydrogens is 283 g/mol. The Labute approximate surface area is 120 Å². The average molecular weight is 297 g/mol. The second kappa shape index (κ2) is 5.05. The Hall–Kier alpha value is -1.62. The molecule has 1 aromatic rings. The molecular formula is C14H14ClFN2O2. The largest absolute Gasteiger partial charge is 0.344 e. The van der Waals surface area contributed by atoms with Gasteiger partial charge in [0.05, 0.1) is 5.02 Å². The van der Waals surface area contributed by atoms with Crippen molar-refractivity contribution >= 4 is 29.1 Å². The highest BCUT2D eigenvalue weighted by Crippen LogP contribution is 2.35. The molecule has 1 saturated carbocycles. The van der Waals surface area contributed by atoms with E-state index in [0.29, 0.717) is 5.69 Å². The molecule has 2 aliphatic rings. The zero-order chi connectivity index (χ0) is 14.3. The van der Waals surface area contributed by atoms with Gasteiger partial charge in [-0.3, -0.25) is 9.59 Å². The second-order valence-corrected chi connectivity index (χ2v) is 5.63. The van der Waals surface area contributed by atoms with Gasteiger partial charge in [0.25, 0.3) is 0 Å². The van der Waals surface area contributed by atoms with E-state index in [4.69, 9.17) is 11.6 Å². The molecule has 1 aromatic carbocycles. The molecule has 3 rings (SSSR count). The van der Waals surface area contributed by atoms with E-state index < -0.39 is 11.9 Å². The standard InChI is InChI=1S/C14H14ClFN2O2/c15-10-4-3-9(7-11(10)16)18-6-5-12(19)17-13(14(18)20)8-1-2-8/h3-4,7-8,13H,1-2,5-6H2,(H,17,19). The molecule has 106 valence electrons. The van der Waals surface area contributed by atoms with Crippen LogP contribution < -0.4 is 10.2 Å². The number of halogens is 2. The van der Waals surface area contributed by atoms with Crippen molar-refractivity contribution in [1.82, 2.24) is 5.32 Å². The van der Waals surface area contributed by atoms with Crippen molar-refractivity contribution in [2.45, 2.75) is 25.3 Å². The summed E-state index contributed by atoms with van der Waals surface area (Å²) in [6, 6.07) is 3.78. The van der Waals surface area contributed by atoms with Gasteiger partial charge in [-0.15, -0.1) is 0 Å². The number of hydrogen-bond acceptors (Lipinski definition) is 2. The summed E-state index contributed by atoms with van der Waals surface area (Å²) in [5.41, 5.74) is 0.444. The van der Waals surface area contributed by atoms with Crippen LogP contribution in [0.3, 0.4) is 0 Å². The van der Waals surface area contributed by atoms with Crippen LogP contribution >= 0.6 is 11.6 Å². The van der Waals surface area contributed by atoms with Crippen LogP contribution in [0.2, 0.25) is 5.02 Å². The van der Waals surface area contributed by atoms with E-state index in [9.17, 15) is 14.0 Å². The molecule has 0 radical (unpaired) electrons. The number of nitrogens with zero attached hydrogens (tertiary/aromatic N) is 1. The Morgan fingerprint density at radius 3 is 2.70 bits per heavy atom. The molecule has 1 saturated heterocycles.